The fraction of sp³-hybridized carbons (Fsp3) is 0.0370. The third kappa shape index (κ3) is 5.38. The SMILES string of the molecule is O=C(/C=C/C=C(\c1ccc(C(F)(F)F)cc1)c1cccc(F)c1)Nc1cccc2cnccc12. The van der Waals surface area contributed by atoms with Crippen LogP contribution in [0.15, 0.2) is 103 Å². The Morgan fingerprint density at radius 2 is 1.68 bits per heavy atom. The monoisotopic (exact) mass is 462 g/mol. The lowest BCUT2D eigenvalue weighted by Crippen LogP contribution is -2.08. The van der Waals surface area contributed by atoms with E-state index in [0.717, 1.165) is 22.9 Å². The zero-order valence-electron chi connectivity index (χ0n) is 17.7. The van der Waals surface area contributed by atoms with Gasteiger partial charge in [-0.25, -0.2) is 4.39 Å². The lowest BCUT2D eigenvalue weighted by Gasteiger charge is -2.11. The molecule has 0 fully saturated rings. The molecule has 3 aromatic carbocycles. The molecule has 1 N–H and O–H groups in total. The number of hydrogen-bond acceptors (Lipinski definition) is 2. The van der Waals surface area contributed by atoms with Gasteiger partial charge in [0.25, 0.3) is 0 Å². The minimum atomic E-state index is -4.46. The summed E-state index contributed by atoms with van der Waals surface area (Å²) in [4.78, 5) is 16.6. The van der Waals surface area contributed by atoms with Crippen LogP contribution in [0.4, 0.5) is 23.2 Å². The number of rotatable bonds is 5. The van der Waals surface area contributed by atoms with E-state index in [1.165, 1.54) is 42.5 Å². The van der Waals surface area contributed by atoms with E-state index < -0.39 is 23.5 Å². The minimum Gasteiger partial charge on any atom is -0.322 e. The molecule has 0 atom stereocenters. The highest BCUT2D eigenvalue weighted by atomic mass is 19.4. The number of carbonyl (C=O) groups is 1. The third-order valence-corrected chi connectivity index (χ3v) is 5.11. The normalized spacial score (nSPS) is 12.3. The van der Waals surface area contributed by atoms with Crippen molar-refractivity contribution in [1.82, 2.24) is 4.98 Å². The van der Waals surface area contributed by atoms with Crippen LogP contribution in [0.25, 0.3) is 16.3 Å². The molecule has 34 heavy (non-hydrogen) atoms. The molecular weight excluding hydrogens is 444 g/mol. The fourth-order valence-corrected chi connectivity index (χ4v) is 3.49. The van der Waals surface area contributed by atoms with E-state index in [1.807, 2.05) is 6.07 Å². The van der Waals surface area contributed by atoms with Gasteiger partial charge in [0.1, 0.15) is 5.82 Å². The Bertz CT molecular complexity index is 1380. The van der Waals surface area contributed by atoms with Crippen molar-refractivity contribution < 1.29 is 22.4 Å². The number of benzene rings is 3. The molecule has 1 aromatic heterocycles. The van der Waals surface area contributed by atoms with Crippen LogP contribution in [0.2, 0.25) is 0 Å². The van der Waals surface area contributed by atoms with Crippen LogP contribution in [-0.4, -0.2) is 10.9 Å². The maximum absolute atomic E-state index is 13.8. The quantitative estimate of drug-likeness (QED) is 0.197. The lowest BCUT2D eigenvalue weighted by molar-refractivity contribution is -0.137. The van der Waals surface area contributed by atoms with Crippen molar-refractivity contribution in [2.75, 3.05) is 5.32 Å². The van der Waals surface area contributed by atoms with Gasteiger partial charge in [-0.1, -0.05) is 48.6 Å². The first kappa shape index (κ1) is 22.9. The molecule has 4 aromatic rings. The lowest BCUT2D eigenvalue weighted by atomic mass is 9.96. The van der Waals surface area contributed by atoms with Crippen LogP contribution in [-0.2, 0) is 11.0 Å². The Hall–Kier alpha value is -4.26. The highest BCUT2D eigenvalue weighted by molar-refractivity contribution is 6.06. The summed E-state index contributed by atoms with van der Waals surface area (Å²) < 4.78 is 52.6. The summed E-state index contributed by atoms with van der Waals surface area (Å²) in [7, 11) is 0. The average Bonchev–Trinajstić information content (AvgIpc) is 2.82. The van der Waals surface area contributed by atoms with Gasteiger partial charge < -0.3 is 5.32 Å². The van der Waals surface area contributed by atoms with Crippen molar-refractivity contribution in [1.29, 1.82) is 0 Å². The Morgan fingerprint density at radius 3 is 2.41 bits per heavy atom. The molecule has 1 heterocycles. The van der Waals surface area contributed by atoms with Crippen molar-refractivity contribution in [3.63, 3.8) is 0 Å². The number of allylic oxidation sites excluding steroid dienone is 2. The predicted octanol–water partition coefficient (Wildman–Crippen LogP) is 7.02. The van der Waals surface area contributed by atoms with E-state index in [4.69, 9.17) is 0 Å². The second-order valence-electron chi connectivity index (χ2n) is 7.42. The van der Waals surface area contributed by atoms with Gasteiger partial charge in [-0.3, -0.25) is 9.78 Å². The number of nitrogens with one attached hydrogen (secondary N) is 1. The summed E-state index contributed by atoms with van der Waals surface area (Å²) in [6.45, 7) is 0. The Kier molecular flexibility index (Phi) is 6.54. The predicted molar refractivity (Wildman–Crippen MR) is 124 cm³/mol. The summed E-state index contributed by atoms with van der Waals surface area (Å²) in [6, 6.07) is 17.5. The first-order chi connectivity index (χ1) is 16.3. The van der Waals surface area contributed by atoms with Gasteiger partial charge in [-0.2, -0.15) is 13.2 Å². The van der Waals surface area contributed by atoms with E-state index >= 15 is 0 Å². The molecule has 0 bridgehead atoms. The van der Waals surface area contributed by atoms with E-state index in [1.54, 1.807) is 42.7 Å². The first-order valence-electron chi connectivity index (χ1n) is 10.3. The Morgan fingerprint density at radius 1 is 0.912 bits per heavy atom. The van der Waals surface area contributed by atoms with Gasteiger partial charge in [-0.05, 0) is 53.1 Å². The van der Waals surface area contributed by atoms with Crippen LogP contribution in [0.3, 0.4) is 0 Å². The number of halogens is 4. The summed E-state index contributed by atoms with van der Waals surface area (Å²) in [6.07, 6.45) is 3.19. The highest BCUT2D eigenvalue weighted by Crippen LogP contribution is 2.31. The van der Waals surface area contributed by atoms with Crippen LogP contribution >= 0.6 is 0 Å². The maximum Gasteiger partial charge on any atom is 0.416 e. The Balaban J connectivity index is 1.62. The van der Waals surface area contributed by atoms with Gasteiger partial charge in [-0.15, -0.1) is 0 Å². The number of hydrogen-bond donors (Lipinski definition) is 1. The van der Waals surface area contributed by atoms with Crippen molar-refractivity contribution in [2.24, 2.45) is 0 Å². The molecule has 0 radical (unpaired) electrons. The number of fused-ring (bicyclic) bond motifs is 1. The summed E-state index contributed by atoms with van der Waals surface area (Å²) >= 11 is 0. The summed E-state index contributed by atoms with van der Waals surface area (Å²) in [5.74, 6) is -0.881. The van der Waals surface area contributed by atoms with Crippen LogP contribution < -0.4 is 5.32 Å². The zero-order chi connectivity index (χ0) is 24.1. The van der Waals surface area contributed by atoms with Crippen LogP contribution in [0.1, 0.15) is 16.7 Å². The number of amides is 1. The number of carbonyl (C=O) groups excluding carboxylic acids is 1. The fourth-order valence-electron chi connectivity index (χ4n) is 3.49. The minimum absolute atomic E-state index is 0.397. The second-order valence-corrected chi connectivity index (χ2v) is 7.42. The van der Waals surface area contributed by atoms with Crippen molar-refractivity contribution in [3.8, 4) is 0 Å². The summed E-state index contributed by atoms with van der Waals surface area (Å²) in [5, 5.41) is 4.51. The largest absolute Gasteiger partial charge is 0.416 e. The van der Waals surface area contributed by atoms with Crippen molar-refractivity contribution >= 4 is 27.9 Å². The summed E-state index contributed by atoms with van der Waals surface area (Å²) in [5.41, 5.74) is 1.21. The number of anilines is 1. The molecule has 0 unspecified atom stereocenters. The van der Waals surface area contributed by atoms with Gasteiger partial charge in [0.2, 0.25) is 5.91 Å². The molecule has 3 nitrogen and oxygen atoms in total. The van der Waals surface area contributed by atoms with Gasteiger partial charge in [0.05, 0.1) is 5.56 Å². The molecule has 0 spiro atoms. The van der Waals surface area contributed by atoms with E-state index in [9.17, 15) is 22.4 Å². The van der Waals surface area contributed by atoms with E-state index in [2.05, 4.69) is 10.3 Å². The standard InChI is InChI=1S/C27H18F4N2O/c28-22-6-1-4-19(16-22)23(18-10-12-21(13-11-18)27(29,30)31)7-3-9-26(34)33-25-8-2-5-20-17-32-15-14-24(20)25/h1-17H,(H,33,34)/b9-3+,23-7+. The molecule has 170 valence electrons. The van der Waals surface area contributed by atoms with Crippen molar-refractivity contribution in [2.45, 2.75) is 6.18 Å². The zero-order valence-corrected chi connectivity index (χ0v) is 17.7. The molecule has 0 aliphatic heterocycles. The molecule has 0 saturated carbocycles. The molecule has 0 saturated heterocycles. The molecule has 1 amide bonds. The van der Waals surface area contributed by atoms with Gasteiger partial charge in [0, 0.05) is 34.9 Å². The molecule has 0 aliphatic carbocycles. The van der Waals surface area contributed by atoms with E-state index in [0.29, 0.717) is 22.4 Å². The maximum atomic E-state index is 13.8. The van der Waals surface area contributed by atoms with Crippen LogP contribution in [0.5, 0.6) is 0 Å². The smallest absolute Gasteiger partial charge is 0.322 e. The molecular formula is C27H18F4N2O. The third-order valence-electron chi connectivity index (χ3n) is 5.11. The second kappa shape index (κ2) is 9.70. The number of pyridine rings is 1. The van der Waals surface area contributed by atoms with Crippen molar-refractivity contribution in [3.05, 3.63) is 126 Å². The number of nitrogens with zero attached hydrogens (tertiary/aromatic N) is 1. The number of alkyl halides is 3. The average molecular weight is 462 g/mol. The Labute approximate surface area is 193 Å². The highest BCUT2D eigenvalue weighted by Gasteiger charge is 2.30. The molecule has 7 heteroatoms. The number of aromatic nitrogens is 1. The first-order valence-corrected chi connectivity index (χ1v) is 10.3. The topological polar surface area (TPSA) is 42.0 Å². The van der Waals surface area contributed by atoms with E-state index in [-0.39, 0.29) is 0 Å². The molecule has 0 aliphatic rings. The van der Waals surface area contributed by atoms with Gasteiger partial charge >= 0.3 is 6.18 Å². The van der Waals surface area contributed by atoms with Gasteiger partial charge in [0.15, 0.2) is 0 Å². The van der Waals surface area contributed by atoms with Crippen LogP contribution in [0, 0.1) is 5.82 Å². The molecule has 4 rings (SSSR count).